The van der Waals surface area contributed by atoms with Crippen LogP contribution in [0, 0.1) is 11.8 Å². The number of likely N-dealkylation sites (N-methyl/N-ethyl adjacent to an activating group) is 2. The molecule has 13 heteroatoms. The highest BCUT2D eigenvalue weighted by molar-refractivity contribution is 7.09. The number of ether oxygens (including phenoxy) is 1. The number of hydrogen-bond acceptors (Lipinski definition) is 9. The normalized spacial score (nSPS) is 18.4. The maximum absolute atomic E-state index is 13.9. The molecular weight excluding hydrogens is 622 g/mol. The van der Waals surface area contributed by atoms with Gasteiger partial charge in [-0.25, -0.2) is 4.98 Å². The molecule has 0 spiro atoms. The molecule has 3 rings (SSSR count). The van der Waals surface area contributed by atoms with E-state index in [0.717, 1.165) is 11.1 Å². The number of benzene rings is 1. The molecule has 0 radical (unpaired) electrons. The van der Waals surface area contributed by atoms with Gasteiger partial charge in [0, 0.05) is 37.9 Å². The Morgan fingerprint density at radius 1 is 1.11 bits per heavy atom. The second-order valence-corrected chi connectivity index (χ2v) is 13.9. The molecule has 2 aromatic rings. The number of hydrogen-bond donors (Lipinski definition) is 3. The molecule has 3 N–H and O–H groups in total. The van der Waals surface area contributed by atoms with Gasteiger partial charge < -0.3 is 30.3 Å². The monoisotopic (exact) mass is 671 g/mol. The molecule has 1 aromatic carbocycles. The molecule has 6 atom stereocenters. The molecule has 1 aliphatic carbocycles. The first kappa shape index (κ1) is 37.6. The van der Waals surface area contributed by atoms with Crippen LogP contribution < -0.4 is 10.6 Å². The molecule has 0 aliphatic heterocycles. The van der Waals surface area contributed by atoms with E-state index in [4.69, 9.17) is 4.74 Å². The predicted octanol–water partition coefficient (Wildman–Crippen LogP) is 3.63. The first-order chi connectivity index (χ1) is 22.1. The number of aliphatic carboxylic acids is 1. The third kappa shape index (κ3) is 10.1. The van der Waals surface area contributed by atoms with Crippen molar-refractivity contribution in [1.29, 1.82) is 0 Å². The Morgan fingerprint density at radius 2 is 1.79 bits per heavy atom. The van der Waals surface area contributed by atoms with Gasteiger partial charge in [0.1, 0.15) is 16.7 Å². The number of carbonyl (C=O) groups is 5. The molecule has 0 saturated carbocycles. The molecule has 12 nitrogen and oxygen atoms in total. The standard InChI is InChI=1S/C34H49N5O7S/c1-9-20(4)30(37-29(41)17-38(6)7)33(43)39(8)27(19(2)3)16-28(46-21(5)40)32-36-26(18-47-32)31(42)35-23-14-22-12-10-11-13-24(22)25(15-23)34(44)45/h10-13,18-20,23,25,27-28,30H,9,14-17H2,1-8H3,(H,35,42)(H,37,41)(H,44,45)/t20-,23-,25+,27?,28?,30?/m0/s1. The van der Waals surface area contributed by atoms with Crippen molar-refractivity contribution < 1.29 is 33.8 Å². The van der Waals surface area contributed by atoms with Gasteiger partial charge in [-0.2, -0.15) is 0 Å². The lowest BCUT2D eigenvalue weighted by Crippen LogP contribution is -2.55. The van der Waals surface area contributed by atoms with Crippen LogP contribution in [0.3, 0.4) is 0 Å². The van der Waals surface area contributed by atoms with Crippen molar-refractivity contribution in [3.05, 3.63) is 51.5 Å². The number of carbonyl (C=O) groups excluding carboxylic acids is 4. The van der Waals surface area contributed by atoms with Crippen molar-refractivity contribution in [3.63, 3.8) is 0 Å². The first-order valence-electron chi connectivity index (χ1n) is 16.1. The van der Waals surface area contributed by atoms with Crippen molar-refractivity contribution in [3.8, 4) is 0 Å². The van der Waals surface area contributed by atoms with E-state index in [1.165, 1.54) is 18.3 Å². The quantitative estimate of drug-likeness (QED) is 0.241. The molecule has 1 aromatic heterocycles. The number of thiazole rings is 1. The summed E-state index contributed by atoms with van der Waals surface area (Å²) in [5, 5.41) is 17.7. The third-order valence-corrected chi connectivity index (χ3v) is 9.65. The summed E-state index contributed by atoms with van der Waals surface area (Å²) in [5.41, 5.74) is 1.79. The van der Waals surface area contributed by atoms with E-state index in [2.05, 4.69) is 15.6 Å². The van der Waals surface area contributed by atoms with Crippen molar-refractivity contribution >= 4 is 41.0 Å². The van der Waals surface area contributed by atoms with Crippen LogP contribution in [0.5, 0.6) is 0 Å². The molecule has 0 fully saturated rings. The number of amides is 3. The maximum atomic E-state index is 13.9. The number of aromatic nitrogens is 1. The fourth-order valence-electron chi connectivity index (χ4n) is 6.03. The Morgan fingerprint density at radius 3 is 2.38 bits per heavy atom. The molecule has 0 saturated heterocycles. The second-order valence-electron chi connectivity index (χ2n) is 13.0. The van der Waals surface area contributed by atoms with E-state index in [9.17, 15) is 29.1 Å². The van der Waals surface area contributed by atoms with E-state index in [0.29, 0.717) is 17.8 Å². The van der Waals surface area contributed by atoms with Gasteiger partial charge in [0.05, 0.1) is 12.5 Å². The minimum absolute atomic E-state index is 0.0452. The maximum Gasteiger partial charge on any atom is 0.311 e. The summed E-state index contributed by atoms with van der Waals surface area (Å²) in [6.45, 7) is 9.28. The van der Waals surface area contributed by atoms with E-state index < -0.39 is 42.0 Å². The summed E-state index contributed by atoms with van der Waals surface area (Å²) in [5.74, 6) is -3.27. The Hall–Kier alpha value is -3.84. The van der Waals surface area contributed by atoms with Gasteiger partial charge in [-0.15, -0.1) is 11.3 Å². The number of esters is 1. The van der Waals surface area contributed by atoms with Crippen molar-refractivity contribution in [2.24, 2.45) is 11.8 Å². The Kier molecular flexibility index (Phi) is 13.5. The summed E-state index contributed by atoms with van der Waals surface area (Å²) in [7, 11) is 5.26. The van der Waals surface area contributed by atoms with E-state index >= 15 is 0 Å². The molecule has 47 heavy (non-hydrogen) atoms. The van der Waals surface area contributed by atoms with Crippen LogP contribution in [0.25, 0.3) is 0 Å². The Bertz CT molecular complexity index is 1430. The van der Waals surface area contributed by atoms with E-state index in [-0.39, 0.29) is 54.8 Å². The molecular formula is C34H49N5O7S. The lowest BCUT2D eigenvalue weighted by atomic mass is 9.80. The Balaban J connectivity index is 1.79. The van der Waals surface area contributed by atoms with Crippen molar-refractivity contribution in [2.75, 3.05) is 27.7 Å². The number of carboxylic acids is 1. The summed E-state index contributed by atoms with van der Waals surface area (Å²) in [4.78, 5) is 71.9. The molecule has 1 heterocycles. The molecule has 1 aliphatic rings. The highest BCUT2D eigenvalue weighted by Crippen LogP contribution is 2.33. The minimum atomic E-state index is -0.939. The van der Waals surface area contributed by atoms with Crippen molar-refractivity contribution in [1.82, 2.24) is 25.4 Å². The first-order valence-corrected chi connectivity index (χ1v) is 17.0. The van der Waals surface area contributed by atoms with Gasteiger partial charge >= 0.3 is 11.9 Å². The lowest BCUT2D eigenvalue weighted by molar-refractivity contribution is -0.149. The number of nitrogens with one attached hydrogen (secondary N) is 2. The zero-order chi connectivity index (χ0) is 35.0. The second kappa shape index (κ2) is 16.8. The van der Waals surface area contributed by atoms with Crippen LogP contribution in [0.2, 0.25) is 0 Å². The molecule has 3 amide bonds. The van der Waals surface area contributed by atoms with Gasteiger partial charge in [0.2, 0.25) is 11.8 Å². The lowest BCUT2D eigenvalue weighted by Gasteiger charge is -2.37. The number of carboxylic acid groups (broad SMARTS) is 1. The molecule has 0 bridgehead atoms. The third-order valence-electron chi connectivity index (χ3n) is 8.71. The molecule has 258 valence electrons. The van der Waals surface area contributed by atoms with Crippen LogP contribution in [0.4, 0.5) is 0 Å². The predicted molar refractivity (Wildman–Crippen MR) is 179 cm³/mol. The van der Waals surface area contributed by atoms with Crippen molar-refractivity contribution in [2.45, 2.75) is 90.4 Å². The van der Waals surface area contributed by atoms with Gasteiger partial charge in [-0.05, 0) is 49.9 Å². The van der Waals surface area contributed by atoms with E-state index in [1.54, 1.807) is 36.3 Å². The highest BCUT2D eigenvalue weighted by Gasteiger charge is 2.36. The topological polar surface area (TPSA) is 158 Å². The van der Waals surface area contributed by atoms with Crippen LogP contribution in [-0.4, -0.2) is 95.4 Å². The van der Waals surface area contributed by atoms with Gasteiger partial charge in [-0.1, -0.05) is 58.4 Å². The summed E-state index contributed by atoms with van der Waals surface area (Å²) < 4.78 is 5.71. The zero-order valence-electron chi connectivity index (χ0n) is 28.6. The van der Waals surface area contributed by atoms with Gasteiger partial charge in [-0.3, -0.25) is 24.0 Å². The smallest absolute Gasteiger partial charge is 0.311 e. The van der Waals surface area contributed by atoms with Gasteiger partial charge in [0.15, 0.2) is 6.10 Å². The number of nitrogens with zero attached hydrogens (tertiary/aromatic N) is 3. The highest BCUT2D eigenvalue weighted by atomic mass is 32.1. The zero-order valence-corrected chi connectivity index (χ0v) is 29.4. The van der Waals surface area contributed by atoms with Crippen LogP contribution in [0.1, 0.15) is 92.5 Å². The fourth-order valence-corrected chi connectivity index (χ4v) is 6.87. The Labute approximate surface area is 281 Å². The number of fused-ring (bicyclic) bond motifs is 1. The SMILES string of the molecule is CC[C@H](C)C(NC(=O)CN(C)C)C(=O)N(C)C(CC(OC(C)=O)c1nc(C(=O)N[C@H]2Cc3ccccc3[C@H](C(=O)O)C2)cs1)C(C)C. The average molecular weight is 672 g/mol. The van der Waals surface area contributed by atoms with Crippen LogP contribution in [-0.2, 0) is 30.3 Å². The fraction of sp³-hybridized carbons (Fsp3) is 0.588. The van der Waals surface area contributed by atoms with E-state index in [1.807, 2.05) is 52.0 Å². The minimum Gasteiger partial charge on any atom is -0.481 e. The largest absolute Gasteiger partial charge is 0.481 e. The van der Waals surface area contributed by atoms with Crippen LogP contribution in [0.15, 0.2) is 29.6 Å². The van der Waals surface area contributed by atoms with Crippen LogP contribution >= 0.6 is 11.3 Å². The summed E-state index contributed by atoms with van der Waals surface area (Å²) >= 11 is 1.18. The summed E-state index contributed by atoms with van der Waals surface area (Å²) in [6.07, 6.45) is 0.845. The number of rotatable bonds is 15. The summed E-state index contributed by atoms with van der Waals surface area (Å²) in [6, 6.07) is 5.85. The van der Waals surface area contributed by atoms with Gasteiger partial charge in [0.25, 0.3) is 5.91 Å². The molecule has 3 unspecified atom stereocenters. The average Bonchev–Trinajstić information content (AvgIpc) is 3.50.